The normalized spacial score (nSPS) is 21.1. The standard InChI is InChI=1S/C15H23N7O/c1-2-16-15-18-17-13-22(15)14(1)21-7-5-19(6-8-21)3-4-20-9-11-23-12-10-20/h1-2,13H,3-12H2. The lowest BCUT2D eigenvalue weighted by molar-refractivity contribution is 0.0331. The molecule has 0 amide bonds. The Morgan fingerprint density at radius 3 is 2.48 bits per heavy atom. The molecule has 23 heavy (non-hydrogen) atoms. The van der Waals surface area contributed by atoms with E-state index < -0.39 is 0 Å². The van der Waals surface area contributed by atoms with Gasteiger partial charge in [0, 0.05) is 58.6 Å². The van der Waals surface area contributed by atoms with Gasteiger partial charge < -0.3 is 9.64 Å². The van der Waals surface area contributed by atoms with Crippen molar-refractivity contribution in [3.8, 4) is 0 Å². The summed E-state index contributed by atoms with van der Waals surface area (Å²) in [7, 11) is 0. The van der Waals surface area contributed by atoms with Crippen LogP contribution in [0.1, 0.15) is 0 Å². The van der Waals surface area contributed by atoms with E-state index in [1.165, 1.54) is 0 Å². The topological polar surface area (TPSA) is 62.0 Å². The fourth-order valence-electron chi connectivity index (χ4n) is 3.30. The summed E-state index contributed by atoms with van der Waals surface area (Å²) in [4.78, 5) is 11.7. The number of hydrogen-bond acceptors (Lipinski definition) is 7. The number of morpholine rings is 1. The highest BCUT2D eigenvalue weighted by Crippen LogP contribution is 2.16. The van der Waals surface area contributed by atoms with Crippen LogP contribution < -0.4 is 4.90 Å². The first-order chi connectivity index (χ1) is 11.4. The molecule has 0 radical (unpaired) electrons. The quantitative estimate of drug-likeness (QED) is 0.759. The summed E-state index contributed by atoms with van der Waals surface area (Å²) in [5, 5.41) is 7.97. The van der Waals surface area contributed by atoms with E-state index in [2.05, 4.69) is 29.9 Å². The summed E-state index contributed by atoms with van der Waals surface area (Å²) in [6, 6.07) is 2.04. The second-order valence-electron chi connectivity index (χ2n) is 6.09. The Bertz CT molecular complexity index is 632. The lowest BCUT2D eigenvalue weighted by Crippen LogP contribution is -2.49. The molecule has 4 rings (SSSR count). The minimum atomic E-state index is 0.664. The predicted octanol–water partition coefficient (Wildman–Crippen LogP) is -0.421. The number of aromatic nitrogens is 4. The summed E-state index contributed by atoms with van der Waals surface area (Å²) in [5.74, 6) is 1.80. The van der Waals surface area contributed by atoms with Crippen molar-refractivity contribution in [3.05, 3.63) is 18.6 Å². The lowest BCUT2D eigenvalue weighted by atomic mass is 10.3. The van der Waals surface area contributed by atoms with Gasteiger partial charge in [0.1, 0.15) is 12.1 Å². The molecule has 2 aromatic heterocycles. The van der Waals surface area contributed by atoms with E-state index in [1.807, 2.05) is 16.7 Å². The number of ether oxygens (including phenoxy) is 1. The van der Waals surface area contributed by atoms with Gasteiger partial charge in [-0.1, -0.05) is 0 Å². The van der Waals surface area contributed by atoms with Crippen molar-refractivity contribution in [1.29, 1.82) is 0 Å². The van der Waals surface area contributed by atoms with Gasteiger partial charge in [-0.25, -0.2) is 4.98 Å². The first-order valence-electron chi connectivity index (χ1n) is 8.32. The van der Waals surface area contributed by atoms with Gasteiger partial charge in [0.2, 0.25) is 0 Å². The minimum Gasteiger partial charge on any atom is -0.379 e. The Morgan fingerprint density at radius 2 is 1.70 bits per heavy atom. The van der Waals surface area contributed by atoms with Gasteiger partial charge in [0.05, 0.1) is 13.2 Å². The molecule has 0 unspecified atom stereocenters. The highest BCUT2D eigenvalue weighted by molar-refractivity contribution is 5.46. The molecule has 0 aliphatic carbocycles. The fraction of sp³-hybridized carbons (Fsp3) is 0.667. The second kappa shape index (κ2) is 6.77. The van der Waals surface area contributed by atoms with Crippen LogP contribution in [0.5, 0.6) is 0 Å². The van der Waals surface area contributed by atoms with E-state index in [0.29, 0.717) is 5.78 Å². The average molecular weight is 317 g/mol. The van der Waals surface area contributed by atoms with Crippen LogP contribution in [-0.4, -0.2) is 95.0 Å². The van der Waals surface area contributed by atoms with Gasteiger partial charge in [0.25, 0.3) is 5.78 Å². The fourth-order valence-corrected chi connectivity index (χ4v) is 3.30. The average Bonchev–Trinajstić information content (AvgIpc) is 3.10. The van der Waals surface area contributed by atoms with Crippen molar-refractivity contribution in [1.82, 2.24) is 29.4 Å². The summed E-state index contributed by atoms with van der Waals surface area (Å²) in [6.07, 6.45) is 3.55. The molecule has 2 aromatic rings. The molecule has 2 saturated heterocycles. The van der Waals surface area contributed by atoms with Crippen molar-refractivity contribution in [2.24, 2.45) is 0 Å². The van der Waals surface area contributed by atoms with Crippen LogP contribution in [0, 0.1) is 0 Å². The maximum absolute atomic E-state index is 5.40. The van der Waals surface area contributed by atoms with E-state index in [9.17, 15) is 0 Å². The summed E-state index contributed by atoms with van der Waals surface area (Å²) < 4.78 is 7.37. The third-order valence-corrected chi connectivity index (χ3v) is 4.72. The summed E-state index contributed by atoms with van der Waals surface area (Å²) in [6.45, 7) is 10.4. The summed E-state index contributed by atoms with van der Waals surface area (Å²) >= 11 is 0. The second-order valence-corrected chi connectivity index (χ2v) is 6.09. The number of nitrogens with zero attached hydrogens (tertiary/aromatic N) is 7. The molecule has 2 fully saturated rings. The molecule has 0 N–H and O–H groups in total. The number of piperazine rings is 1. The van der Waals surface area contributed by atoms with Crippen LogP contribution in [0.2, 0.25) is 0 Å². The Morgan fingerprint density at radius 1 is 0.957 bits per heavy atom. The maximum Gasteiger partial charge on any atom is 0.256 e. The molecule has 0 saturated carbocycles. The third kappa shape index (κ3) is 3.29. The monoisotopic (exact) mass is 317 g/mol. The molecular formula is C15H23N7O. The van der Waals surface area contributed by atoms with Crippen molar-refractivity contribution in [3.63, 3.8) is 0 Å². The number of anilines is 1. The summed E-state index contributed by atoms with van der Waals surface area (Å²) in [5.41, 5.74) is 0. The van der Waals surface area contributed by atoms with Gasteiger partial charge >= 0.3 is 0 Å². The predicted molar refractivity (Wildman–Crippen MR) is 86.7 cm³/mol. The van der Waals surface area contributed by atoms with E-state index in [-0.39, 0.29) is 0 Å². The lowest BCUT2D eigenvalue weighted by Gasteiger charge is -2.37. The van der Waals surface area contributed by atoms with E-state index in [4.69, 9.17) is 4.74 Å². The molecule has 8 heteroatoms. The molecular weight excluding hydrogens is 294 g/mol. The van der Waals surface area contributed by atoms with Crippen LogP contribution in [0.15, 0.2) is 18.6 Å². The first kappa shape index (κ1) is 14.8. The highest BCUT2D eigenvalue weighted by atomic mass is 16.5. The van der Waals surface area contributed by atoms with Crippen LogP contribution in [0.25, 0.3) is 5.78 Å². The van der Waals surface area contributed by atoms with Crippen molar-refractivity contribution in [2.45, 2.75) is 0 Å². The molecule has 4 heterocycles. The number of rotatable bonds is 4. The van der Waals surface area contributed by atoms with Gasteiger partial charge in [-0.15, -0.1) is 10.2 Å². The van der Waals surface area contributed by atoms with Gasteiger partial charge in [0.15, 0.2) is 0 Å². The van der Waals surface area contributed by atoms with E-state index >= 15 is 0 Å². The zero-order valence-corrected chi connectivity index (χ0v) is 13.3. The molecule has 124 valence electrons. The highest BCUT2D eigenvalue weighted by Gasteiger charge is 2.20. The molecule has 0 bridgehead atoms. The largest absolute Gasteiger partial charge is 0.379 e. The Kier molecular flexibility index (Phi) is 4.36. The van der Waals surface area contributed by atoms with E-state index in [1.54, 1.807) is 6.33 Å². The van der Waals surface area contributed by atoms with Gasteiger partial charge in [-0.05, 0) is 6.07 Å². The number of hydrogen-bond donors (Lipinski definition) is 0. The Hall–Kier alpha value is -1.77. The molecule has 0 spiro atoms. The molecule has 2 aliphatic heterocycles. The van der Waals surface area contributed by atoms with Gasteiger partial charge in [-0.2, -0.15) is 0 Å². The van der Waals surface area contributed by atoms with Crippen LogP contribution in [-0.2, 0) is 4.74 Å². The van der Waals surface area contributed by atoms with Crippen molar-refractivity contribution < 1.29 is 4.74 Å². The Labute approximate surface area is 135 Å². The van der Waals surface area contributed by atoms with Crippen LogP contribution >= 0.6 is 0 Å². The Balaban J connectivity index is 1.31. The molecule has 0 atom stereocenters. The smallest absolute Gasteiger partial charge is 0.256 e. The van der Waals surface area contributed by atoms with Crippen LogP contribution in [0.4, 0.5) is 5.82 Å². The SMILES string of the molecule is c1cc(N2CCN(CCN3CCOCC3)CC2)n2cnnc2n1. The van der Waals surface area contributed by atoms with Gasteiger partial charge in [-0.3, -0.25) is 14.2 Å². The maximum atomic E-state index is 5.40. The van der Waals surface area contributed by atoms with E-state index in [0.717, 1.165) is 71.4 Å². The van der Waals surface area contributed by atoms with Crippen molar-refractivity contribution >= 4 is 11.6 Å². The molecule has 8 nitrogen and oxygen atoms in total. The minimum absolute atomic E-state index is 0.664. The number of fused-ring (bicyclic) bond motifs is 1. The zero-order valence-electron chi connectivity index (χ0n) is 13.3. The first-order valence-corrected chi connectivity index (χ1v) is 8.32. The zero-order chi connectivity index (χ0) is 15.5. The third-order valence-electron chi connectivity index (χ3n) is 4.72. The molecule has 2 aliphatic rings. The van der Waals surface area contributed by atoms with Crippen LogP contribution in [0.3, 0.4) is 0 Å². The molecule has 0 aromatic carbocycles. The van der Waals surface area contributed by atoms with Crippen molar-refractivity contribution in [2.75, 3.05) is 70.5 Å².